The van der Waals surface area contributed by atoms with Crippen molar-refractivity contribution in [2.24, 2.45) is 34.5 Å². The number of rotatable bonds is 5. The monoisotopic (exact) mass is 436 g/mol. The Hall–Kier alpha value is -1.61. The summed E-state index contributed by atoms with van der Waals surface area (Å²) in [5.74, 6) is 3.91. The lowest BCUT2D eigenvalue weighted by Gasteiger charge is -2.58. The van der Waals surface area contributed by atoms with Crippen LogP contribution in [-0.2, 0) is 16.1 Å². The minimum atomic E-state index is 0.243. The normalized spacial score (nSPS) is 40.6. The van der Waals surface area contributed by atoms with Gasteiger partial charge in [0.05, 0.1) is 19.8 Å². The fraction of sp³-hybridized carbons (Fsp3) is 0.690. The van der Waals surface area contributed by atoms with Crippen LogP contribution in [0, 0.1) is 34.5 Å². The molecule has 4 aliphatic rings. The number of carbonyl (C=O) groups excluding carboxylic acids is 1. The second kappa shape index (κ2) is 8.31. The summed E-state index contributed by atoms with van der Waals surface area (Å²) >= 11 is 0. The molecule has 3 unspecified atom stereocenters. The molecule has 4 aliphatic carbocycles. The van der Waals surface area contributed by atoms with Gasteiger partial charge in [-0.2, -0.15) is 0 Å². The van der Waals surface area contributed by atoms with Crippen LogP contribution in [0.1, 0.15) is 77.7 Å². The van der Waals surface area contributed by atoms with Gasteiger partial charge < -0.3 is 9.47 Å². The van der Waals surface area contributed by atoms with Crippen molar-refractivity contribution >= 4 is 5.78 Å². The van der Waals surface area contributed by atoms with Gasteiger partial charge in [0.25, 0.3) is 0 Å². The average molecular weight is 437 g/mol. The van der Waals surface area contributed by atoms with E-state index in [-0.39, 0.29) is 5.41 Å². The van der Waals surface area contributed by atoms with E-state index in [0.29, 0.717) is 29.8 Å². The van der Waals surface area contributed by atoms with Crippen molar-refractivity contribution in [2.75, 3.05) is 7.11 Å². The molecule has 0 N–H and O–H groups in total. The molecule has 0 radical (unpaired) electrons. The predicted molar refractivity (Wildman–Crippen MR) is 127 cm³/mol. The lowest BCUT2D eigenvalue weighted by Crippen LogP contribution is -2.51. The highest BCUT2D eigenvalue weighted by molar-refractivity contribution is 5.79. The molecule has 3 fully saturated rings. The Bertz CT molecular complexity index is 886. The quantitative estimate of drug-likeness (QED) is 0.479. The number of Topliss-reactive ketones (excluding diaryl/α,β-unsaturated/α-hetero) is 1. The zero-order valence-corrected chi connectivity index (χ0v) is 20.4. The minimum Gasteiger partial charge on any atom is -0.497 e. The van der Waals surface area contributed by atoms with E-state index in [9.17, 15) is 4.79 Å². The molecule has 0 spiro atoms. The number of methoxy groups -OCH3 is 1. The summed E-state index contributed by atoms with van der Waals surface area (Å²) in [6.45, 7) is 7.50. The summed E-state index contributed by atoms with van der Waals surface area (Å²) in [7, 11) is 1.70. The average Bonchev–Trinajstić information content (AvgIpc) is 3.15. The van der Waals surface area contributed by atoms with Crippen LogP contribution in [0.5, 0.6) is 5.75 Å². The second-order valence-corrected chi connectivity index (χ2v) is 11.6. The Labute approximate surface area is 194 Å². The van der Waals surface area contributed by atoms with E-state index >= 15 is 0 Å². The zero-order valence-electron chi connectivity index (χ0n) is 20.4. The standard InChI is InChI=1S/C29H40O3/c1-19(30)25-11-12-26-24-10-7-21-17-23(32-18-20-5-8-22(31-4)9-6-20)13-15-28(21,2)27(24)14-16-29(25,26)3/h5-9,23-27H,10-18H2,1-4H3/t23-,24?,25+,26?,27?,28-,29+/m0/s1. The van der Waals surface area contributed by atoms with Crippen LogP contribution in [-0.4, -0.2) is 19.0 Å². The maximum Gasteiger partial charge on any atom is 0.133 e. The molecule has 1 aromatic carbocycles. The summed E-state index contributed by atoms with van der Waals surface area (Å²) < 4.78 is 11.6. The van der Waals surface area contributed by atoms with E-state index in [1.165, 1.54) is 37.7 Å². The van der Waals surface area contributed by atoms with Gasteiger partial charge in [0.2, 0.25) is 0 Å². The molecule has 0 saturated heterocycles. The van der Waals surface area contributed by atoms with E-state index in [0.717, 1.165) is 42.8 Å². The fourth-order valence-corrected chi connectivity index (χ4v) is 8.37. The number of fused-ring (bicyclic) bond motifs is 5. The smallest absolute Gasteiger partial charge is 0.133 e. The number of hydrogen-bond donors (Lipinski definition) is 0. The minimum absolute atomic E-state index is 0.243. The highest BCUT2D eigenvalue weighted by Crippen LogP contribution is 2.66. The van der Waals surface area contributed by atoms with Gasteiger partial charge in [-0.25, -0.2) is 0 Å². The number of allylic oxidation sites excluding steroid dienone is 1. The van der Waals surface area contributed by atoms with E-state index < -0.39 is 0 Å². The Kier molecular flexibility index (Phi) is 5.76. The van der Waals surface area contributed by atoms with E-state index in [2.05, 4.69) is 32.1 Å². The third-order valence-electron chi connectivity index (χ3n) is 10.2. The fourth-order valence-electron chi connectivity index (χ4n) is 8.37. The predicted octanol–water partition coefficient (Wildman–Crippen LogP) is 6.75. The van der Waals surface area contributed by atoms with Gasteiger partial charge in [-0.05, 0) is 105 Å². The van der Waals surface area contributed by atoms with Crippen LogP contribution >= 0.6 is 0 Å². The molecule has 5 rings (SSSR count). The Morgan fingerprint density at radius 1 is 1.03 bits per heavy atom. The Morgan fingerprint density at radius 3 is 2.53 bits per heavy atom. The van der Waals surface area contributed by atoms with E-state index in [1.54, 1.807) is 12.7 Å². The third kappa shape index (κ3) is 3.56. The van der Waals surface area contributed by atoms with Gasteiger partial charge in [0, 0.05) is 5.92 Å². The van der Waals surface area contributed by atoms with Crippen molar-refractivity contribution in [1.29, 1.82) is 0 Å². The van der Waals surface area contributed by atoms with E-state index in [1.807, 2.05) is 19.1 Å². The highest BCUT2D eigenvalue weighted by Gasteiger charge is 2.59. The molecule has 0 heterocycles. The number of ether oxygens (including phenoxy) is 2. The molecule has 3 heteroatoms. The number of benzene rings is 1. The molecule has 0 amide bonds. The van der Waals surface area contributed by atoms with Crippen LogP contribution in [0.25, 0.3) is 0 Å². The van der Waals surface area contributed by atoms with Crippen LogP contribution in [0.3, 0.4) is 0 Å². The van der Waals surface area contributed by atoms with Crippen molar-refractivity contribution in [3.8, 4) is 5.75 Å². The van der Waals surface area contributed by atoms with Crippen LogP contribution in [0.15, 0.2) is 35.9 Å². The molecule has 1 aromatic rings. The molecular formula is C29H40O3. The maximum atomic E-state index is 12.4. The van der Waals surface area contributed by atoms with Gasteiger partial charge >= 0.3 is 0 Å². The first-order valence-corrected chi connectivity index (χ1v) is 12.8. The number of hydrogen-bond acceptors (Lipinski definition) is 3. The van der Waals surface area contributed by atoms with Crippen molar-refractivity contribution < 1.29 is 14.3 Å². The summed E-state index contributed by atoms with van der Waals surface area (Å²) in [4.78, 5) is 12.4. The van der Waals surface area contributed by atoms with Crippen molar-refractivity contribution in [1.82, 2.24) is 0 Å². The largest absolute Gasteiger partial charge is 0.497 e. The molecule has 0 bridgehead atoms. The first kappa shape index (κ1) is 22.2. The molecule has 3 nitrogen and oxygen atoms in total. The molecule has 0 aliphatic heterocycles. The Morgan fingerprint density at radius 2 is 1.81 bits per heavy atom. The van der Waals surface area contributed by atoms with Gasteiger partial charge in [-0.15, -0.1) is 0 Å². The first-order chi connectivity index (χ1) is 15.3. The molecule has 174 valence electrons. The van der Waals surface area contributed by atoms with Gasteiger partial charge in [-0.3, -0.25) is 4.79 Å². The number of ketones is 1. The SMILES string of the molecule is COc1ccc(CO[C@H]2CC[C@@]3(C)C(=CCC4C3CC[C@@]3(C)C4CC[C@@H]3C(C)=O)C2)cc1. The molecule has 32 heavy (non-hydrogen) atoms. The van der Waals surface area contributed by atoms with Crippen molar-refractivity contribution in [2.45, 2.75) is 84.8 Å². The Balaban J connectivity index is 1.27. The van der Waals surface area contributed by atoms with E-state index in [4.69, 9.17) is 9.47 Å². The molecule has 3 saturated carbocycles. The topological polar surface area (TPSA) is 35.5 Å². The zero-order chi connectivity index (χ0) is 22.5. The van der Waals surface area contributed by atoms with Crippen molar-refractivity contribution in [3.05, 3.63) is 41.5 Å². The lowest BCUT2D eigenvalue weighted by atomic mass is 9.47. The summed E-state index contributed by atoms with van der Waals surface area (Å²) in [5, 5.41) is 0. The van der Waals surface area contributed by atoms with Crippen LogP contribution in [0.2, 0.25) is 0 Å². The maximum absolute atomic E-state index is 12.4. The first-order valence-electron chi connectivity index (χ1n) is 12.8. The summed E-state index contributed by atoms with van der Waals surface area (Å²) in [6, 6.07) is 8.23. The molecule has 0 aromatic heterocycles. The highest BCUT2D eigenvalue weighted by atomic mass is 16.5. The molecular weight excluding hydrogens is 396 g/mol. The number of carbonyl (C=O) groups is 1. The van der Waals surface area contributed by atoms with Crippen LogP contribution in [0.4, 0.5) is 0 Å². The second-order valence-electron chi connectivity index (χ2n) is 11.6. The van der Waals surface area contributed by atoms with Gasteiger partial charge in [0.15, 0.2) is 0 Å². The van der Waals surface area contributed by atoms with Gasteiger partial charge in [-0.1, -0.05) is 37.6 Å². The summed E-state index contributed by atoms with van der Waals surface area (Å²) in [6.07, 6.45) is 12.5. The van der Waals surface area contributed by atoms with Crippen LogP contribution < -0.4 is 4.74 Å². The summed E-state index contributed by atoms with van der Waals surface area (Å²) in [5.41, 5.74) is 3.45. The lowest BCUT2D eigenvalue weighted by molar-refractivity contribution is -0.127. The third-order valence-corrected chi connectivity index (χ3v) is 10.2. The van der Waals surface area contributed by atoms with Gasteiger partial charge in [0.1, 0.15) is 11.5 Å². The molecule has 7 atom stereocenters. The van der Waals surface area contributed by atoms with Crippen molar-refractivity contribution in [3.63, 3.8) is 0 Å².